The number of likely N-dealkylation sites (N-methyl/N-ethyl adjacent to an activating group) is 1. The van der Waals surface area contributed by atoms with Crippen molar-refractivity contribution in [1.29, 1.82) is 5.26 Å². The third-order valence-electron chi connectivity index (χ3n) is 8.97. The van der Waals surface area contributed by atoms with E-state index in [1.807, 2.05) is 22.8 Å². The largest absolute Gasteiger partial charge is 0.475 e. The van der Waals surface area contributed by atoms with E-state index in [-0.39, 0.29) is 5.91 Å². The lowest BCUT2D eigenvalue weighted by Crippen LogP contribution is -2.49. The molecule has 5 heterocycles. The van der Waals surface area contributed by atoms with Crippen molar-refractivity contribution in [2.45, 2.75) is 38.8 Å². The van der Waals surface area contributed by atoms with Gasteiger partial charge in [0.15, 0.2) is 0 Å². The van der Waals surface area contributed by atoms with Gasteiger partial charge in [0, 0.05) is 56.8 Å². The SMILES string of the molecule is C=CC(=O)N1CCN(c2c(C#N)c(OC[C@@H]3CCCN3C)nc3c2CCN(c2c(C)ccc4cnn(C)c24)C3)CC1. The Kier molecular flexibility index (Phi) is 7.30. The van der Waals surface area contributed by atoms with Crippen molar-refractivity contribution in [2.75, 3.05) is 62.7 Å². The fourth-order valence-electron chi connectivity index (χ4n) is 6.67. The molecule has 3 aliphatic heterocycles. The fraction of sp³-hybridized carbons (Fsp3) is 0.484. The quantitative estimate of drug-likeness (QED) is 0.430. The molecule has 1 aromatic carbocycles. The number of hydrogen-bond acceptors (Lipinski definition) is 8. The van der Waals surface area contributed by atoms with Crippen LogP contribution in [0.1, 0.15) is 35.2 Å². The number of amides is 1. The molecule has 0 bridgehead atoms. The van der Waals surface area contributed by atoms with Gasteiger partial charge < -0.3 is 24.3 Å². The first-order valence-corrected chi connectivity index (χ1v) is 14.5. The fourth-order valence-corrected chi connectivity index (χ4v) is 6.67. The van der Waals surface area contributed by atoms with Crippen molar-refractivity contribution in [2.24, 2.45) is 7.05 Å². The average Bonchev–Trinajstić information content (AvgIpc) is 3.58. The Hall–Kier alpha value is -4.10. The van der Waals surface area contributed by atoms with Gasteiger partial charge in [-0.05, 0) is 51.4 Å². The second-order valence-electron chi connectivity index (χ2n) is 11.4. The molecule has 214 valence electrons. The van der Waals surface area contributed by atoms with Crippen LogP contribution in [0.3, 0.4) is 0 Å². The van der Waals surface area contributed by atoms with Crippen LogP contribution < -0.4 is 14.5 Å². The highest BCUT2D eigenvalue weighted by atomic mass is 16.5. The van der Waals surface area contributed by atoms with Gasteiger partial charge in [0.25, 0.3) is 0 Å². The minimum Gasteiger partial charge on any atom is -0.475 e. The molecule has 3 aromatic rings. The zero-order chi connectivity index (χ0) is 28.7. The minimum absolute atomic E-state index is 0.0537. The van der Waals surface area contributed by atoms with Gasteiger partial charge in [0.2, 0.25) is 11.8 Å². The summed E-state index contributed by atoms with van der Waals surface area (Å²) in [6, 6.07) is 7.05. The van der Waals surface area contributed by atoms with Gasteiger partial charge in [0.1, 0.15) is 18.2 Å². The van der Waals surface area contributed by atoms with Gasteiger partial charge in [-0.1, -0.05) is 18.7 Å². The molecule has 2 saturated heterocycles. The zero-order valence-corrected chi connectivity index (χ0v) is 24.3. The number of aryl methyl sites for hydroxylation is 2. The van der Waals surface area contributed by atoms with Crippen LogP contribution in [-0.2, 0) is 24.8 Å². The summed E-state index contributed by atoms with van der Waals surface area (Å²) in [5.41, 5.74) is 6.98. The number of fused-ring (bicyclic) bond motifs is 2. The Morgan fingerprint density at radius 2 is 1.95 bits per heavy atom. The predicted octanol–water partition coefficient (Wildman–Crippen LogP) is 3.02. The summed E-state index contributed by atoms with van der Waals surface area (Å²) in [6.07, 6.45) is 6.28. The van der Waals surface area contributed by atoms with E-state index in [1.165, 1.54) is 17.3 Å². The average molecular weight is 555 g/mol. The molecule has 10 nitrogen and oxygen atoms in total. The van der Waals surface area contributed by atoms with Gasteiger partial charge in [-0.25, -0.2) is 4.98 Å². The van der Waals surface area contributed by atoms with Crippen LogP contribution in [0.25, 0.3) is 10.9 Å². The highest BCUT2D eigenvalue weighted by molar-refractivity contribution is 5.93. The predicted molar refractivity (Wildman–Crippen MR) is 159 cm³/mol. The van der Waals surface area contributed by atoms with Crippen LogP contribution >= 0.6 is 0 Å². The molecule has 1 atom stereocenters. The lowest BCUT2D eigenvalue weighted by Gasteiger charge is -2.39. The first kappa shape index (κ1) is 27.1. The number of nitriles is 1. The number of ether oxygens (including phenoxy) is 1. The van der Waals surface area contributed by atoms with E-state index in [0.29, 0.717) is 56.8 Å². The number of likely N-dealkylation sites (tertiary alicyclic amines) is 1. The number of benzene rings is 1. The molecule has 6 rings (SSSR count). The van der Waals surface area contributed by atoms with Gasteiger partial charge >= 0.3 is 0 Å². The van der Waals surface area contributed by atoms with Gasteiger partial charge in [-0.2, -0.15) is 10.4 Å². The van der Waals surface area contributed by atoms with Gasteiger partial charge in [-0.3, -0.25) is 9.48 Å². The van der Waals surface area contributed by atoms with Crippen LogP contribution in [-0.4, -0.2) is 89.4 Å². The summed E-state index contributed by atoms with van der Waals surface area (Å²) in [7, 11) is 4.11. The second kappa shape index (κ2) is 11.1. The summed E-state index contributed by atoms with van der Waals surface area (Å²) < 4.78 is 8.33. The Labute approximate surface area is 241 Å². The Morgan fingerprint density at radius 3 is 2.66 bits per heavy atom. The monoisotopic (exact) mass is 554 g/mol. The maximum Gasteiger partial charge on any atom is 0.246 e. The lowest BCUT2D eigenvalue weighted by atomic mass is 9.97. The molecular formula is C31H38N8O2. The molecule has 0 aliphatic carbocycles. The number of nitrogens with zero attached hydrogens (tertiary/aromatic N) is 8. The molecule has 2 fully saturated rings. The smallest absolute Gasteiger partial charge is 0.246 e. The van der Waals surface area contributed by atoms with Gasteiger partial charge in [0.05, 0.1) is 35.3 Å². The molecule has 0 unspecified atom stereocenters. The molecule has 0 saturated carbocycles. The Bertz CT molecular complexity index is 1530. The van der Waals surface area contributed by atoms with E-state index in [2.05, 4.69) is 58.6 Å². The van der Waals surface area contributed by atoms with E-state index in [0.717, 1.165) is 60.2 Å². The molecule has 0 spiro atoms. The van der Waals surface area contributed by atoms with E-state index in [4.69, 9.17) is 9.72 Å². The van der Waals surface area contributed by atoms with Gasteiger partial charge in [-0.15, -0.1) is 0 Å². The van der Waals surface area contributed by atoms with Crippen LogP contribution in [0.4, 0.5) is 11.4 Å². The normalized spacial score (nSPS) is 19.4. The third-order valence-corrected chi connectivity index (χ3v) is 8.97. The molecule has 10 heteroatoms. The number of carbonyl (C=O) groups is 1. The van der Waals surface area contributed by atoms with Crippen molar-refractivity contribution in [3.05, 3.63) is 53.4 Å². The summed E-state index contributed by atoms with van der Waals surface area (Å²) in [5.74, 6) is 0.366. The highest BCUT2D eigenvalue weighted by Gasteiger charge is 2.32. The maximum absolute atomic E-state index is 12.2. The Balaban J connectivity index is 1.39. The van der Waals surface area contributed by atoms with Crippen molar-refractivity contribution in [1.82, 2.24) is 24.6 Å². The highest BCUT2D eigenvalue weighted by Crippen LogP contribution is 2.40. The number of piperazine rings is 1. The molecule has 41 heavy (non-hydrogen) atoms. The van der Waals surface area contributed by atoms with Crippen molar-refractivity contribution >= 4 is 28.2 Å². The number of pyridine rings is 1. The number of aromatic nitrogens is 3. The Morgan fingerprint density at radius 1 is 1.15 bits per heavy atom. The molecule has 0 N–H and O–H groups in total. The van der Waals surface area contributed by atoms with Crippen molar-refractivity contribution in [3.63, 3.8) is 0 Å². The molecule has 2 aromatic heterocycles. The standard InChI is InChI=1S/C31H38N8O2/c1-5-27(40)37-13-15-38(16-14-37)30-24-10-12-39(28-21(2)8-9-22-18-33-36(4)29(22)28)19-26(24)34-31(25(30)17-32)41-20-23-7-6-11-35(23)3/h5,8-9,18,23H,1,6-7,10-16,19-20H2,2-4H3/t23-/m0/s1. The number of rotatable bonds is 6. The number of anilines is 2. The molecular weight excluding hydrogens is 516 g/mol. The second-order valence-corrected chi connectivity index (χ2v) is 11.4. The van der Waals surface area contributed by atoms with Crippen molar-refractivity contribution < 1.29 is 9.53 Å². The van der Waals surface area contributed by atoms with Crippen LogP contribution in [0.2, 0.25) is 0 Å². The summed E-state index contributed by atoms with van der Waals surface area (Å²) in [5, 5.41) is 16.1. The molecule has 0 radical (unpaired) electrons. The topological polar surface area (TPSA) is 93.8 Å². The van der Waals surface area contributed by atoms with Crippen LogP contribution in [0, 0.1) is 18.3 Å². The molecule has 3 aliphatic rings. The van der Waals surface area contributed by atoms with E-state index in [9.17, 15) is 10.1 Å². The first-order chi connectivity index (χ1) is 19.9. The van der Waals surface area contributed by atoms with Crippen LogP contribution in [0.5, 0.6) is 5.88 Å². The summed E-state index contributed by atoms with van der Waals surface area (Å²) in [4.78, 5) is 26.1. The van der Waals surface area contributed by atoms with E-state index in [1.54, 1.807) is 0 Å². The lowest BCUT2D eigenvalue weighted by molar-refractivity contribution is -0.126. The maximum atomic E-state index is 12.2. The summed E-state index contributed by atoms with van der Waals surface area (Å²) >= 11 is 0. The van der Waals surface area contributed by atoms with Crippen molar-refractivity contribution in [3.8, 4) is 11.9 Å². The third kappa shape index (κ3) is 4.88. The van der Waals surface area contributed by atoms with E-state index >= 15 is 0 Å². The van der Waals surface area contributed by atoms with E-state index < -0.39 is 0 Å². The molecule has 1 amide bonds. The minimum atomic E-state index is -0.0537. The number of carbonyl (C=O) groups excluding carboxylic acids is 1. The number of hydrogen-bond donors (Lipinski definition) is 0. The van der Waals surface area contributed by atoms with Crippen LogP contribution in [0.15, 0.2) is 31.0 Å². The first-order valence-electron chi connectivity index (χ1n) is 14.5. The summed E-state index contributed by atoms with van der Waals surface area (Å²) in [6.45, 7) is 11.2. The zero-order valence-electron chi connectivity index (χ0n) is 24.3.